The number of aromatic nitrogens is 3. The van der Waals surface area contributed by atoms with E-state index in [1.54, 1.807) is 24.3 Å². The molecule has 2 aromatic heterocycles. The molecular weight excluding hydrogens is 494 g/mol. The molecular formula is C26H27N5O5S. The van der Waals surface area contributed by atoms with Gasteiger partial charge in [0.2, 0.25) is 5.91 Å². The van der Waals surface area contributed by atoms with E-state index in [0.29, 0.717) is 29.5 Å². The van der Waals surface area contributed by atoms with Crippen LogP contribution < -0.4 is 20.2 Å². The molecule has 3 N–H and O–H groups in total. The number of rotatable bonds is 11. The van der Waals surface area contributed by atoms with Crippen molar-refractivity contribution in [3.05, 3.63) is 86.1 Å². The van der Waals surface area contributed by atoms with Crippen LogP contribution in [0.4, 0.5) is 0 Å². The number of carbonyl (C=O) groups excluding carboxylic acids is 2. The number of aryl methyl sites for hydroxylation is 1. The first-order valence-corrected chi connectivity index (χ1v) is 12.4. The molecule has 1 unspecified atom stereocenters. The Kier molecular flexibility index (Phi) is 8.60. The first-order valence-electron chi connectivity index (χ1n) is 11.6. The van der Waals surface area contributed by atoms with Crippen LogP contribution in [0.3, 0.4) is 0 Å². The lowest BCUT2D eigenvalue weighted by molar-refractivity contribution is -0.123. The van der Waals surface area contributed by atoms with Crippen molar-refractivity contribution < 1.29 is 19.1 Å². The highest BCUT2D eigenvalue weighted by Gasteiger charge is 2.23. The molecule has 0 radical (unpaired) electrons. The molecule has 4 aromatic rings. The van der Waals surface area contributed by atoms with Gasteiger partial charge >= 0.3 is 4.87 Å². The van der Waals surface area contributed by atoms with E-state index in [1.165, 1.54) is 7.11 Å². The topological polar surface area (TPSA) is 135 Å². The minimum atomic E-state index is -0.914. The zero-order valence-electron chi connectivity index (χ0n) is 20.4. The van der Waals surface area contributed by atoms with Gasteiger partial charge in [0.05, 0.1) is 12.1 Å². The van der Waals surface area contributed by atoms with Gasteiger partial charge in [0.1, 0.15) is 23.4 Å². The Bertz CT molecular complexity index is 1430. The number of para-hydroxylation sites is 1. The number of pyridine rings is 1. The van der Waals surface area contributed by atoms with Crippen LogP contribution >= 0.6 is 11.3 Å². The lowest BCUT2D eigenvalue weighted by Crippen LogP contribution is -2.48. The van der Waals surface area contributed by atoms with Crippen molar-refractivity contribution in [1.82, 2.24) is 25.8 Å². The summed E-state index contributed by atoms with van der Waals surface area (Å²) in [5.74, 6) is -0.227. The second-order valence-electron chi connectivity index (χ2n) is 8.27. The monoisotopic (exact) mass is 521 g/mol. The summed E-state index contributed by atoms with van der Waals surface area (Å²) in [6, 6.07) is 15.7. The maximum Gasteiger partial charge on any atom is 0.322 e. The van der Waals surface area contributed by atoms with E-state index in [1.807, 2.05) is 37.3 Å². The van der Waals surface area contributed by atoms with Gasteiger partial charge in [0.25, 0.3) is 5.91 Å². The van der Waals surface area contributed by atoms with Crippen LogP contribution in [0, 0.1) is 6.92 Å². The zero-order valence-corrected chi connectivity index (χ0v) is 21.3. The van der Waals surface area contributed by atoms with Gasteiger partial charge in [-0.15, -0.1) is 0 Å². The Morgan fingerprint density at radius 2 is 1.92 bits per heavy atom. The summed E-state index contributed by atoms with van der Waals surface area (Å²) in [6.45, 7) is 2.92. The normalized spacial score (nSPS) is 11.7. The van der Waals surface area contributed by atoms with Crippen LogP contribution in [0.25, 0.3) is 10.9 Å². The molecule has 0 saturated heterocycles. The Morgan fingerprint density at radius 3 is 2.65 bits per heavy atom. The van der Waals surface area contributed by atoms with E-state index >= 15 is 0 Å². The van der Waals surface area contributed by atoms with Gasteiger partial charge < -0.3 is 20.1 Å². The lowest BCUT2D eigenvalue weighted by atomic mass is 10.1. The average Bonchev–Trinajstić information content (AvgIpc) is 3.31. The molecule has 4 rings (SSSR count). The Hall–Kier alpha value is -4.09. The molecule has 2 amide bonds. The standard InChI is InChI=1S/C26H27N5O5S/c1-16-13-18(20-5-3-4-6-21(20)28-16)15-36-19-9-7-17(8-10-19)24(32)29-22(25(33)27-11-12-35-2)14-23-30-31-26(34)37-23/h3-10,13,22H,11-12,14-15H2,1-2H3,(H,27,33)(H,29,32)(H,31,34). The van der Waals surface area contributed by atoms with Gasteiger partial charge in [0.15, 0.2) is 0 Å². The first-order chi connectivity index (χ1) is 17.9. The SMILES string of the molecule is COCCNC(=O)C(Cc1n[nH]c(=O)s1)NC(=O)c1ccc(OCc2cc(C)nc3ccccc23)cc1. The maximum atomic E-state index is 12.9. The molecule has 10 nitrogen and oxygen atoms in total. The number of hydrogen-bond acceptors (Lipinski definition) is 8. The first kappa shape index (κ1) is 26.0. The van der Waals surface area contributed by atoms with E-state index in [0.717, 1.165) is 33.5 Å². The number of ether oxygens (including phenoxy) is 2. The van der Waals surface area contributed by atoms with E-state index in [9.17, 15) is 14.4 Å². The third kappa shape index (κ3) is 6.99. The summed E-state index contributed by atoms with van der Waals surface area (Å²) >= 11 is 0.893. The fourth-order valence-electron chi connectivity index (χ4n) is 3.75. The van der Waals surface area contributed by atoms with Gasteiger partial charge in [-0.25, -0.2) is 5.10 Å². The minimum absolute atomic E-state index is 0.0778. The number of aromatic amines is 1. The summed E-state index contributed by atoms with van der Waals surface area (Å²) in [7, 11) is 1.53. The molecule has 2 heterocycles. The quantitative estimate of drug-likeness (QED) is 0.258. The molecule has 192 valence electrons. The summed E-state index contributed by atoms with van der Waals surface area (Å²) in [6.07, 6.45) is 0.0778. The van der Waals surface area contributed by atoms with Gasteiger partial charge in [-0.3, -0.25) is 19.4 Å². The second kappa shape index (κ2) is 12.2. The van der Waals surface area contributed by atoms with Gasteiger partial charge in [-0.05, 0) is 43.3 Å². The maximum absolute atomic E-state index is 12.9. The molecule has 2 aromatic carbocycles. The minimum Gasteiger partial charge on any atom is -0.489 e. The van der Waals surface area contributed by atoms with E-state index in [4.69, 9.17) is 9.47 Å². The van der Waals surface area contributed by atoms with E-state index in [-0.39, 0.29) is 17.8 Å². The number of H-pyrrole nitrogens is 1. The van der Waals surface area contributed by atoms with Crippen molar-refractivity contribution >= 4 is 34.1 Å². The van der Waals surface area contributed by atoms with Crippen LogP contribution in [0.2, 0.25) is 0 Å². The van der Waals surface area contributed by atoms with Crippen LogP contribution in [-0.4, -0.2) is 53.3 Å². The number of amides is 2. The molecule has 0 aliphatic rings. The van der Waals surface area contributed by atoms with Gasteiger partial charge in [-0.2, -0.15) is 5.10 Å². The van der Waals surface area contributed by atoms with Crippen molar-refractivity contribution in [2.24, 2.45) is 0 Å². The zero-order chi connectivity index (χ0) is 26.2. The number of hydrogen-bond donors (Lipinski definition) is 3. The fourth-order valence-corrected chi connectivity index (χ4v) is 4.40. The Balaban J connectivity index is 1.41. The molecule has 11 heteroatoms. The van der Waals surface area contributed by atoms with Crippen molar-refractivity contribution in [2.75, 3.05) is 20.3 Å². The van der Waals surface area contributed by atoms with Crippen LogP contribution in [0.1, 0.15) is 26.6 Å². The molecule has 0 spiro atoms. The van der Waals surface area contributed by atoms with Crippen molar-refractivity contribution in [2.45, 2.75) is 26.0 Å². The van der Waals surface area contributed by atoms with Crippen LogP contribution in [-0.2, 0) is 22.6 Å². The van der Waals surface area contributed by atoms with Crippen molar-refractivity contribution in [1.29, 1.82) is 0 Å². The second-order valence-corrected chi connectivity index (χ2v) is 9.32. The molecule has 37 heavy (non-hydrogen) atoms. The summed E-state index contributed by atoms with van der Waals surface area (Å²) in [5, 5.41) is 13.1. The number of carbonyl (C=O) groups is 2. The molecule has 0 saturated carbocycles. The molecule has 0 fully saturated rings. The number of fused-ring (bicyclic) bond motifs is 1. The molecule has 1 atom stereocenters. The average molecular weight is 522 g/mol. The highest BCUT2D eigenvalue weighted by Crippen LogP contribution is 2.21. The van der Waals surface area contributed by atoms with Crippen molar-refractivity contribution in [3.63, 3.8) is 0 Å². The predicted octanol–water partition coefficient (Wildman–Crippen LogP) is 2.37. The summed E-state index contributed by atoms with van der Waals surface area (Å²) < 4.78 is 10.9. The number of methoxy groups -OCH3 is 1. The van der Waals surface area contributed by atoms with Crippen LogP contribution in [0.15, 0.2) is 59.4 Å². The summed E-state index contributed by atoms with van der Waals surface area (Å²) in [5.41, 5.74) is 3.21. The third-order valence-electron chi connectivity index (χ3n) is 5.53. The summed E-state index contributed by atoms with van der Waals surface area (Å²) in [4.78, 5) is 41.2. The Morgan fingerprint density at radius 1 is 1.14 bits per heavy atom. The highest BCUT2D eigenvalue weighted by atomic mass is 32.1. The van der Waals surface area contributed by atoms with Gasteiger partial charge in [-0.1, -0.05) is 29.5 Å². The third-order valence-corrected chi connectivity index (χ3v) is 6.30. The van der Waals surface area contributed by atoms with Crippen molar-refractivity contribution in [3.8, 4) is 5.75 Å². The fraction of sp³-hybridized carbons (Fsp3) is 0.269. The van der Waals surface area contributed by atoms with E-state index < -0.39 is 17.9 Å². The lowest BCUT2D eigenvalue weighted by Gasteiger charge is -2.17. The largest absolute Gasteiger partial charge is 0.489 e. The van der Waals surface area contributed by atoms with E-state index in [2.05, 4.69) is 25.8 Å². The number of benzene rings is 2. The smallest absolute Gasteiger partial charge is 0.322 e. The number of nitrogens with one attached hydrogen (secondary N) is 3. The van der Waals surface area contributed by atoms with Gasteiger partial charge in [0, 0.05) is 42.3 Å². The Labute approximate surface area is 217 Å². The molecule has 0 aliphatic heterocycles. The van der Waals surface area contributed by atoms with Crippen LogP contribution in [0.5, 0.6) is 5.75 Å². The highest BCUT2D eigenvalue weighted by molar-refractivity contribution is 7.08. The molecule has 0 bridgehead atoms. The predicted molar refractivity (Wildman–Crippen MR) is 140 cm³/mol. The number of nitrogens with zero attached hydrogens (tertiary/aromatic N) is 2. The molecule has 0 aliphatic carbocycles.